The van der Waals surface area contributed by atoms with Gasteiger partial charge in [0.15, 0.2) is 0 Å². The van der Waals surface area contributed by atoms with Crippen molar-refractivity contribution < 1.29 is 9.31 Å². The van der Waals surface area contributed by atoms with Gasteiger partial charge in [-0.1, -0.05) is 13.0 Å². The Kier molecular flexibility index (Phi) is 4.47. The van der Waals surface area contributed by atoms with Crippen LogP contribution >= 0.6 is 0 Å². The van der Waals surface area contributed by atoms with Crippen molar-refractivity contribution in [2.45, 2.75) is 32.7 Å². The van der Waals surface area contributed by atoms with Gasteiger partial charge < -0.3 is 0 Å². The third kappa shape index (κ3) is 3.73. The minimum atomic E-state index is -0.745. The first-order valence-corrected chi connectivity index (χ1v) is 6.71. The van der Waals surface area contributed by atoms with Crippen molar-refractivity contribution in [1.82, 2.24) is 4.90 Å². The Morgan fingerprint density at radius 2 is 2.21 bits per heavy atom. The summed E-state index contributed by atoms with van der Waals surface area (Å²) in [6, 6.07) is 4.19. The van der Waals surface area contributed by atoms with Crippen LogP contribution in [0, 0.1) is 21.8 Å². The normalized spacial score (nSPS) is 21.1. The molecule has 1 aliphatic rings. The van der Waals surface area contributed by atoms with Gasteiger partial charge in [-0.05, 0) is 49.9 Å². The quantitative estimate of drug-likeness (QED) is 0.622. The molecule has 0 amide bonds. The van der Waals surface area contributed by atoms with Crippen LogP contribution in [0.3, 0.4) is 0 Å². The molecule has 0 saturated carbocycles. The van der Waals surface area contributed by atoms with E-state index in [2.05, 4.69) is 11.8 Å². The number of likely N-dealkylation sites (tertiary alicyclic amines) is 1. The molecule has 19 heavy (non-hydrogen) atoms. The van der Waals surface area contributed by atoms with E-state index in [1.165, 1.54) is 18.6 Å². The van der Waals surface area contributed by atoms with Gasteiger partial charge in [-0.25, -0.2) is 0 Å². The molecule has 4 nitrogen and oxygen atoms in total. The molecule has 1 aromatic rings. The van der Waals surface area contributed by atoms with Crippen LogP contribution in [0.15, 0.2) is 18.2 Å². The van der Waals surface area contributed by atoms with Crippen molar-refractivity contribution in [2.24, 2.45) is 5.92 Å². The van der Waals surface area contributed by atoms with Crippen LogP contribution in [0.25, 0.3) is 0 Å². The summed E-state index contributed by atoms with van der Waals surface area (Å²) in [4.78, 5) is 12.2. The second-order valence-electron chi connectivity index (χ2n) is 5.36. The van der Waals surface area contributed by atoms with Crippen LogP contribution in [0.5, 0.6) is 0 Å². The Labute approximate surface area is 112 Å². The minimum Gasteiger partial charge on any atom is -0.299 e. The molecule has 1 fully saturated rings. The summed E-state index contributed by atoms with van der Waals surface area (Å²) in [7, 11) is 0. The molecule has 0 aliphatic carbocycles. The van der Waals surface area contributed by atoms with Crippen LogP contribution < -0.4 is 0 Å². The number of halogens is 1. The highest BCUT2D eigenvalue weighted by Crippen LogP contribution is 2.21. The molecule has 1 saturated heterocycles. The Morgan fingerprint density at radius 1 is 1.42 bits per heavy atom. The lowest BCUT2D eigenvalue weighted by Gasteiger charge is -2.19. The summed E-state index contributed by atoms with van der Waals surface area (Å²) in [5.41, 5.74) is 0.353. The molecule has 5 heteroatoms. The summed E-state index contributed by atoms with van der Waals surface area (Å²) in [6.45, 7) is 4.96. The first-order valence-electron chi connectivity index (χ1n) is 6.71. The lowest BCUT2D eigenvalue weighted by atomic mass is 10.0. The van der Waals surface area contributed by atoms with Crippen molar-refractivity contribution in [2.75, 3.05) is 13.1 Å². The topological polar surface area (TPSA) is 46.4 Å². The van der Waals surface area contributed by atoms with Gasteiger partial charge in [0, 0.05) is 12.6 Å². The molecule has 1 unspecified atom stereocenters. The second kappa shape index (κ2) is 6.10. The summed E-state index contributed by atoms with van der Waals surface area (Å²) in [6.07, 6.45) is 3.57. The fraction of sp³-hybridized carbons (Fsp3) is 0.571. The first-order chi connectivity index (χ1) is 9.06. The third-order valence-electron chi connectivity index (χ3n) is 3.72. The molecule has 1 aromatic carbocycles. The fourth-order valence-electron chi connectivity index (χ4n) is 2.54. The number of nitro benzene ring substituents is 1. The van der Waals surface area contributed by atoms with Gasteiger partial charge in [0.25, 0.3) is 0 Å². The zero-order valence-corrected chi connectivity index (χ0v) is 11.1. The zero-order chi connectivity index (χ0) is 13.8. The first kappa shape index (κ1) is 13.9. The average molecular weight is 266 g/mol. The summed E-state index contributed by atoms with van der Waals surface area (Å²) in [5, 5.41) is 10.6. The molecule has 1 aliphatic heterocycles. The van der Waals surface area contributed by atoms with E-state index in [-0.39, 0.29) is 0 Å². The van der Waals surface area contributed by atoms with Gasteiger partial charge in [0.1, 0.15) is 0 Å². The van der Waals surface area contributed by atoms with Gasteiger partial charge in [0.2, 0.25) is 5.82 Å². The van der Waals surface area contributed by atoms with E-state index >= 15 is 0 Å². The SMILES string of the molecule is CC1CCCN(Cc2ccc([N+](=O)[O-])c(F)c2)CC1. The number of hydrogen-bond acceptors (Lipinski definition) is 3. The molecule has 2 rings (SSSR count). The molecule has 1 heterocycles. The predicted molar refractivity (Wildman–Crippen MR) is 71.3 cm³/mol. The monoisotopic (exact) mass is 266 g/mol. The predicted octanol–water partition coefficient (Wildman–Crippen LogP) is 3.36. The van der Waals surface area contributed by atoms with E-state index in [4.69, 9.17) is 0 Å². The molecular formula is C14H19FN2O2. The Hall–Kier alpha value is -1.49. The highest BCUT2D eigenvalue weighted by molar-refractivity contribution is 5.34. The molecule has 0 aromatic heterocycles. The lowest BCUT2D eigenvalue weighted by molar-refractivity contribution is -0.387. The van der Waals surface area contributed by atoms with Crippen molar-refractivity contribution >= 4 is 5.69 Å². The molecule has 104 valence electrons. The zero-order valence-electron chi connectivity index (χ0n) is 11.1. The molecule has 0 N–H and O–H groups in total. The molecule has 1 atom stereocenters. The van der Waals surface area contributed by atoms with E-state index < -0.39 is 16.4 Å². The minimum absolute atomic E-state index is 0.451. The van der Waals surface area contributed by atoms with Crippen molar-refractivity contribution in [3.63, 3.8) is 0 Å². The maximum absolute atomic E-state index is 13.5. The molecule has 0 radical (unpaired) electrons. The molecule has 0 spiro atoms. The highest BCUT2D eigenvalue weighted by Gasteiger charge is 2.17. The van der Waals surface area contributed by atoms with E-state index in [0.29, 0.717) is 6.54 Å². The van der Waals surface area contributed by atoms with Crippen molar-refractivity contribution in [3.8, 4) is 0 Å². The number of hydrogen-bond donors (Lipinski definition) is 0. The van der Waals surface area contributed by atoms with Crippen molar-refractivity contribution in [1.29, 1.82) is 0 Å². The number of rotatable bonds is 3. The van der Waals surface area contributed by atoms with Crippen molar-refractivity contribution in [3.05, 3.63) is 39.7 Å². The Bertz CT molecular complexity index is 465. The average Bonchev–Trinajstić information content (AvgIpc) is 2.54. The van der Waals surface area contributed by atoms with Crippen LogP contribution in [0.1, 0.15) is 31.7 Å². The van der Waals surface area contributed by atoms with Gasteiger partial charge >= 0.3 is 5.69 Å². The third-order valence-corrected chi connectivity index (χ3v) is 3.72. The van der Waals surface area contributed by atoms with Gasteiger partial charge in [-0.3, -0.25) is 15.0 Å². The second-order valence-corrected chi connectivity index (χ2v) is 5.36. The highest BCUT2D eigenvalue weighted by atomic mass is 19.1. The Morgan fingerprint density at radius 3 is 2.89 bits per heavy atom. The van der Waals surface area contributed by atoms with E-state index in [0.717, 1.165) is 37.4 Å². The number of nitrogens with zero attached hydrogens (tertiary/aromatic N) is 2. The summed E-state index contributed by atoms with van der Waals surface area (Å²) in [5.74, 6) is 0.00397. The van der Waals surface area contributed by atoms with Gasteiger partial charge in [-0.15, -0.1) is 0 Å². The number of nitro groups is 1. The molecule has 0 bridgehead atoms. The maximum atomic E-state index is 13.5. The molecular weight excluding hydrogens is 247 g/mol. The summed E-state index contributed by atoms with van der Waals surface area (Å²) < 4.78 is 13.5. The maximum Gasteiger partial charge on any atom is 0.304 e. The van der Waals surface area contributed by atoms with Gasteiger partial charge in [-0.2, -0.15) is 4.39 Å². The standard InChI is InChI=1S/C14H19FN2O2/c1-11-3-2-7-16(8-6-11)10-12-4-5-14(17(18)19)13(15)9-12/h4-5,9,11H,2-3,6-8,10H2,1H3. The number of benzene rings is 1. The Balaban J connectivity index is 2.03. The van der Waals surface area contributed by atoms with E-state index in [1.54, 1.807) is 6.07 Å². The van der Waals surface area contributed by atoms with E-state index in [1.807, 2.05) is 0 Å². The van der Waals surface area contributed by atoms with Crippen LogP contribution in [-0.2, 0) is 6.54 Å². The summed E-state index contributed by atoms with van der Waals surface area (Å²) >= 11 is 0. The lowest BCUT2D eigenvalue weighted by Crippen LogP contribution is -2.24. The smallest absolute Gasteiger partial charge is 0.299 e. The largest absolute Gasteiger partial charge is 0.304 e. The fourth-order valence-corrected chi connectivity index (χ4v) is 2.54. The van der Waals surface area contributed by atoms with Crippen LogP contribution in [0.2, 0.25) is 0 Å². The van der Waals surface area contributed by atoms with Crippen LogP contribution in [-0.4, -0.2) is 22.9 Å². The van der Waals surface area contributed by atoms with Gasteiger partial charge in [0.05, 0.1) is 4.92 Å². The van der Waals surface area contributed by atoms with E-state index in [9.17, 15) is 14.5 Å². The van der Waals surface area contributed by atoms with Crippen LogP contribution in [0.4, 0.5) is 10.1 Å².